The number of halogens is 2. The first kappa shape index (κ1) is 27.5. The van der Waals surface area contributed by atoms with Crippen LogP contribution in [-0.2, 0) is 4.79 Å². The minimum atomic E-state index is -0.655. The number of carbonyl (C=O) groups is 1. The Bertz CT molecular complexity index is 1380. The molecular weight excluding hydrogens is 520 g/mol. The van der Waals surface area contributed by atoms with E-state index >= 15 is 0 Å². The Hall–Kier alpha value is -4.10. The number of carbonyl (C=O) groups excluding carboxylic acids is 1. The molecule has 0 radical (unpaired) electrons. The summed E-state index contributed by atoms with van der Waals surface area (Å²) in [6.45, 7) is 5.80. The lowest BCUT2D eigenvalue weighted by Gasteiger charge is -2.35. The first-order valence-corrected chi connectivity index (χ1v) is 13.2. The van der Waals surface area contributed by atoms with Gasteiger partial charge in [0.25, 0.3) is 0 Å². The van der Waals surface area contributed by atoms with Crippen LogP contribution in [0.4, 0.5) is 26.2 Å². The molecule has 2 atom stereocenters. The van der Waals surface area contributed by atoms with Gasteiger partial charge in [-0.2, -0.15) is 15.1 Å². The number of amides is 1. The van der Waals surface area contributed by atoms with Crippen molar-refractivity contribution in [1.82, 2.24) is 30.0 Å². The van der Waals surface area contributed by atoms with Crippen LogP contribution in [0.15, 0.2) is 36.5 Å². The van der Waals surface area contributed by atoms with Gasteiger partial charge in [-0.3, -0.25) is 9.69 Å². The number of benzene rings is 1. The molecule has 4 N–H and O–H groups in total. The van der Waals surface area contributed by atoms with Crippen molar-refractivity contribution < 1.29 is 18.7 Å². The molecule has 40 heavy (non-hydrogen) atoms. The molecule has 0 saturated carbocycles. The van der Waals surface area contributed by atoms with Crippen LogP contribution in [-0.4, -0.2) is 94.1 Å². The SMILES string of the molecule is CNC(=O)C1CC(O)CN1c1cc(-n2ncc(C=CCN3CCN(c4cc(F)cc(F)c4)CC3)c2C)nc(N)n1. The number of β-amino-alcohol motifs (C(OH)–C–C–N with tert-alkyl or cyclic N) is 1. The third-order valence-corrected chi connectivity index (χ3v) is 7.35. The fraction of sp³-hybridized carbons (Fsp3) is 0.407. The number of nitrogens with two attached hydrogens (primary N) is 1. The fourth-order valence-electron chi connectivity index (χ4n) is 5.23. The second kappa shape index (κ2) is 11.6. The van der Waals surface area contributed by atoms with Gasteiger partial charge >= 0.3 is 0 Å². The van der Waals surface area contributed by atoms with E-state index in [0.29, 0.717) is 36.8 Å². The van der Waals surface area contributed by atoms with Crippen molar-refractivity contribution in [2.75, 3.05) is 61.8 Å². The highest BCUT2D eigenvalue weighted by Gasteiger charge is 2.36. The Morgan fingerprint density at radius 3 is 2.52 bits per heavy atom. The number of nitrogens with one attached hydrogen (secondary N) is 1. The Morgan fingerprint density at radius 1 is 1.12 bits per heavy atom. The summed E-state index contributed by atoms with van der Waals surface area (Å²) in [5.41, 5.74) is 8.34. The van der Waals surface area contributed by atoms with Gasteiger partial charge in [0.05, 0.1) is 18.0 Å². The summed E-state index contributed by atoms with van der Waals surface area (Å²) in [4.78, 5) is 27.0. The van der Waals surface area contributed by atoms with Crippen LogP contribution < -0.4 is 20.9 Å². The Labute approximate surface area is 230 Å². The number of nitrogens with zero attached hydrogens (tertiary/aromatic N) is 7. The molecule has 13 heteroatoms. The summed E-state index contributed by atoms with van der Waals surface area (Å²) in [7, 11) is 1.56. The smallest absolute Gasteiger partial charge is 0.242 e. The number of hydrogen-bond donors (Lipinski definition) is 3. The zero-order chi connectivity index (χ0) is 28.4. The van der Waals surface area contributed by atoms with Crippen LogP contribution in [0.2, 0.25) is 0 Å². The zero-order valence-corrected chi connectivity index (χ0v) is 22.5. The van der Waals surface area contributed by atoms with E-state index < -0.39 is 23.8 Å². The molecule has 3 aromatic rings. The molecule has 2 aromatic heterocycles. The van der Waals surface area contributed by atoms with Crippen LogP contribution in [0.1, 0.15) is 17.7 Å². The molecule has 2 aliphatic heterocycles. The number of aliphatic hydroxyl groups is 1. The van der Waals surface area contributed by atoms with Crippen LogP contribution in [0.5, 0.6) is 0 Å². The monoisotopic (exact) mass is 553 g/mol. The van der Waals surface area contributed by atoms with Crippen LogP contribution in [0.25, 0.3) is 11.9 Å². The van der Waals surface area contributed by atoms with Gasteiger partial charge in [-0.05, 0) is 19.1 Å². The van der Waals surface area contributed by atoms with Gasteiger partial charge in [-0.15, -0.1) is 0 Å². The standard InChI is InChI=1S/C27H33F2N9O2/c1-17-18(4-3-5-35-6-8-36(9-7-35)21-11-19(28)10-20(29)12-21)15-32-38(17)25-14-24(33-27(30)34-25)37-16-22(39)13-23(37)26(40)31-2/h3-4,10-12,14-15,22-23,39H,5-9,13,16H2,1-2H3,(H,31,40)(H2,30,33,34). The van der Waals surface area contributed by atoms with Crippen molar-refractivity contribution >= 4 is 29.4 Å². The topological polar surface area (TPSA) is 129 Å². The average molecular weight is 554 g/mol. The minimum absolute atomic E-state index is 0.0386. The number of likely N-dealkylation sites (N-methyl/N-ethyl adjacent to an activating group) is 1. The second-order valence-corrected chi connectivity index (χ2v) is 10.0. The number of nitrogen functional groups attached to an aromatic ring is 1. The van der Waals surface area contributed by atoms with Crippen LogP contribution in [0.3, 0.4) is 0 Å². The minimum Gasteiger partial charge on any atom is -0.391 e. The lowest BCUT2D eigenvalue weighted by Crippen LogP contribution is -2.46. The van der Waals surface area contributed by atoms with E-state index in [4.69, 9.17) is 5.73 Å². The van der Waals surface area contributed by atoms with E-state index in [1.165, 1.54) is 12.1 Å². The lowest BCUT2D eigenvalue weighted by atomic mass is 10.2. The van der Waals surface area contributed by atoms with Gasteiger partial charge in [-0.25, -0.2) is 13.5 Å². The van der Waals surface area contributed by atoms with Crippen molar-refractivity contribution in [2.45, 2.75) is 25.5 Å². The van der Waals surface area contributed by atoms with Gasteiger partial charge in [0.1, 0.15) is 23.5 Å². The predicted octanol–water partition coefficient (Wildman–Crippen LogP) is 1.35. The van der Waals surface area contributed by atoms with Gasteiger partial charge < -0.3 is 26.0 Å². The molecule has 2 aliphatic rings. The number of rotatable bonds is 7. The van der Waals surface area contributed by atoms with Crippen molar-refractivity contribution in [3.05, 3.63) is 59.4 Å². The number of aliphatic hydroxyl groups excluding tert-OH is 1. The van der Waals surface area contributed by atoms with E-state index in [-0.39, 0.29) is 18.4 Å². The van der Waals surface area contributed by atoms with Crippen molar-refractivity contribution in [3.63, 3.8) is 0 Å². The molecule has 11 nitrogen and oxygen atoms in total. The molecule has 0 bridgehead atoms. The van der Waals surface area contributed by atoms with Gasteiger partial charge in [0, 0.05) is 76.1 Å². The molecule has 2 saturated heterocycles. The van der Waals surface area contributed by atoms with E-state index in [0.717, 1.165) is 37.0 Å². The molecule has 1 aromatic carbocycles. The number of anilines is 3. The van der Waals surface area contributed by atoms with Crippen molar-refractivity contribution in [3.8, 4) is 5.82 Å². The molecule has 212 valence electrons. The van der Waals surface area contributed by atoms with E-state index in [9.17, 15) is 18.7 Å². The normalized spacial score (nSPS) is 20.0. The third kappa shape index (κ3) is 5.89. The predicted molar refractivity (Wildman–Crippen MR) is 148 cm³/mol. The molecule has 2 fully saturated rings. The maximum atomic E-state index is 13.6. The quantitative estimate of drug-likeness (QED) is 0.397. The summed E-state index contributed by atoms with van der Waals surface area (Å²) in [6.07, 6.45) is 5.44. The Kier molecular flexibility index (Phi) is 7.94. The Morgan fingerprint density at radius 2 is 1.82 bits per heavy atom. The average Bonchev–Trinajstić information content (AvgIpc) is 3.50. The van der Waals surface area contributed by atoms with Gasteiger partial charge in [0.15, 0.2) is 5.82 Å². The summed E-state index contributed by atoms with van der Waals surface area (Å²) >= 11 is 0. The second-order valence-electron chi connectivity index (χ2n) is 10.0. The summed E-state index contributed by atoms with van der Waals surface area (Å²) < 4.78 is 28.8. The summed E-state index contributed by atoms with van der Waals surface area (Å²) in [5.74, 6) is -0.402. The lowest BCUT2D eigenvalue weighted by molar-refractivity contribution is -0.121. The highest BCUT2D eigenvalue weighted by atomic mass is 19.1. The third-order valence-electron chi connectivity index (χ3n) is 7.35. The van der Waals surface area contributed by atoms with Gasteiger partial charge in [-0.1, -0.05) is 12.2 Å². The van der Waals surface area contributed by atoms with Crippen molar-refractivity contribution in [1.29, 1.82) is 0 Å². The fourth-order valence-corrected chi connectivity index (χ4v) is 5.23. The first-order chi connectivity index (χ1) is 19.2. The molecule has 1 amide bonds. The molecular formula is C27H33F2N9O2. The van der Waals surface area contributed by atoms with E-state index in [1.807, 2.05) is 17.9 Å². The van der Waals surface area contributed by atoms with Crippen LogP contribution >= 0.6 is 0 Å². The number of hydrogen-bond acceptors (Lipinski definition) is 9. The van der Waals surface area contributed by atoms with E-state index in [2.05, 4.69) is 31.4 Å². The molecule has 4 heterocycles. The maximum absolute atomic E-state index is 13.6. The number of aromatic nitrogens is 4. The van der Waals surface area contributed by atoms with E-state index in [1.54, 1.807) is 28.9 Å². The van der Waals surface area contributed by atoms with Gasteiger partial charge in [0.2, 0.25) is 11.9 Å². The van der Waals surface area contributed by atoms with Crippen molar-refractivity contribution in [2.24, 2.45) is 0 Å². The summed E-state index contributed by atoms with van der Waals surface area (Å²) in [6, 6.07) is 4.76. The zero-order valence-electron chi connectivity index (χ0n) is 22.5. The molecule has 5 rings (SSSR count). The highest BCUT2D eigenvalue weighted by molar-refractivity contribution is 5.85. The largest absolute Gasteiger partial charge is 0.391 e. The number of piperazine rings is 1. The first-order valence-electron chi connectivity index (χ1n) is 13.2. The molecule has 0 aliphatic carbocycles. The summed E-state index contributed by atoms with van der Waals surface area (Å²) in [5, 5.41) is 17.3. The van der Waals surface area contributed by atoms with Crippen LogP contribution in [0, 0.1) is 18.6 Å². The highest BCUT2D eigenvalue weighted by Crippen LogP contribution is 2.27. The molecule has 2 unspecified atom stereocenters. The molecule has 0 spiro atoms. The Balaban J connectivity index is 1.24. The maximum Gasteiger partial charge on any atom is 0.242 e.